The van der Waals surface area contributed by atoms with Gasteiger partial charge in [0.1, 0.15) is 5.41 Å². The zero-order valence-corrected chi connectivity index (χ0v) is 12.4. The number of carboxylic acid groups (broad SMARTS) is 1. The first kappa shape index (κ1) is 17.3. The molecule has 1 amide bonds. The Morgan fingerprint density at radius 3 is 2.13 bits per heavy atom. The van der Waals surface area contributed by atoms with E-state index in [0.29, 0.717) is 24.8 Å². The molecule has 0 bridgehead atoms. The van der Waals surface area contributed by atoms with Crippen molar-refractivity contribution in [2.45, 2.75) is 44.8 Å². The molecule has 0 spiro atoms. The molecule has 126 valence electrons. The summed E-state index contributed by atoms with van der Waals surface area (Å²) in [6.45, 7) is -0.0590. The Hall–Kier alpha value is -2.05. The van der Waals surface area contributed by atoms with Crippen LogP contribution >= 0.6 is 0 Å². The first-order chi connectivity index (χ1) is 10.8. The van der Waals surface area contributed by atoms with Gasteiger partial charge in [-0.25, -0.2) is 4.79 Å². The van der Waals surface area contributed by atoms with Crippen molar-refractivity contribution in [3.63, 3.8) is 0 Å². The zero-order valence-electron chi connectivity index (χ0n) is 12.4. The molecule has 0 heterocycles. The molecule has 0 radical (unpaired) electrons. The molecule has 4 nitrogen and oxygen atoms in total. The Morgan fingerprint density at radius 2 is 1.65 bits per heavy atom. The summed E-state index contributed by atoms with van der Waals surface area (Å²) in [6.07, 6.45) is -3.44. The van der Waals surface area contributed by atoms with Crippen molar-refractivity contribution < 1.29 is 27.9 Å². The predicted molar refractivity (Wildman–Crippen MR) is 76.8 cm³/mol. The van der Waals surface area contributed by atoms with Gasteiger partial charge in [0, 0.05) is 6.54 Å². The summed E-state index contributed by atoms with van der Waals surface area (Å²) in [5.74, 6) is -2.08. The lowest BCUT2D eigenvalue weighted by molar-refractivity contribution is -0.230. The molecule has 0 saturated heterocycles. The molecule has 1 fully saturated rings. The molecular formula is C16H18F3NO3. The second-order valence-electron chi connectivity index (χ2n) is 5.83. The fraction of sp³-hybridized carbons (Fsp3) is 0.500. The van der Waals surface area contributed by atoms with Crippen LogP contribution in [0.4, 0.5) is 13.2 Å². The molecule has 1 aliphatic rings. The summed E-state index contributed by atoms with van der Waals surface area (Å²) in [5, 5.41) is 11.2. The van der Waals surface area contributed by atoms with Gasteiger partial charge in [-0.05, 0) is 30.5 Å². The van der Waals surface area contributed by atoms with Crippen LogP contribution in [0.5, 0.6) is 0 Å². The van der Waals surface area contributed by atoms with Crippen molar-refractivity contribution in [1.82, 2.24) is 5.32 Å². The second kappa shape index (κ2) is 6.60. The van der Waals surface area contributed by atoms with Crippen molar-refractivity contribution >= 4 is 11.9 Å². The van der Waals surface area contributed by atoms with Crippen LogP contribution in [0.15, 0.2) is 24.3 Å². The zero-order chi connectivity index (χ0) is 17.1. The normalized spacial score (nSPS) is 17.5. The van der Waals surface area contributed by atoms with Gasteiger partial charge in [-0.3, -0.25) is 4.79 Å². The van der Waals surface area contributed by atoms with Gasteiger partial charge in [0.2, 0.25) is 5.91 Å². The summed E-state index contributed by atoms with van der Waals surface area (Å²) in [4.78, 5) is 22.9. The number of carboxylic acids is 1. The number of alkyl halides is 3. The highest BCUT2D eigenvalue weighted by atomic mass is 19.4. The number of halogens is 3. The average Bonchev–Trinajstić information content (AvgIpc) is 2.52. The largest absolute Gasteiger partial charge is 0.478 e. The summed E-state index contributed by atoms with van der Waals surface area (Å²) < 4.78 is 40.2. The number of carbonyl (C=O) groups excluding carboxylic acids is 1. The standard InChI is InChI=1S/C16H18F3NO3/c17-16(18,19)15(8-2-1-3-9-15)14(23)20-10-11-4-6-12(7-5-11)13(21)22/h4-7H,1-3,8-10H2,(H,20,23)(H,21,22). The lowest BCUT2D eigenvalue weighted by atomic mass is 9.72. The molecule has 1 aromatic rings. The van der Waals surface area contributed by atoms with Crippen molar-refractivity contribution in [3.05, 3.63) is 35.4 Å². The number of rotatable bonds is 4. The van der Waals surface area contributed by atoms with E-state index in [9.17, 15) is 22.8 Å². The highest BCUT2D eigenvalue weighted by molar-refractivity contribution is 5.87. The lowest BCUT2D eigenvalue weighted by Gasteiger charge is -2.37. The third kappa shape index (κ3) is 3.65. The second-order valence-corrected chi connectivity index (χ2v) is 5.83. The molecule has 2 rings (SSSR count). The maximum atomic E-state index is 13.4. The summed E-state index contributed by atoms with van der Waals surface area (Å²) >= 11 is 0. The quantitative estimate of drug-likeness (QED) is 0.888. The molecule has 7 heteroatoms. The monoisotopic (exact) mass is 329 g/mol. The molecule has 0 aliphatic heterocycles. The number of aromatic carboxylic acids is 1. The lowest BCUT2D eigenvalue weighted by Crippen LogP contribution is -2.51. The Kier molecular flexibility index (Phi) is 4.97. The van der Waals surface area contributed by atoms with E-state index in [1.165, 1.54) is 24.3 Å². The van der Waals surface area contributed by atoms with E-state index in [4.69, 9.17) is 5.11 Å². The van der Waals surface area contributed by atoms with Crippen molar-refractivity contribution in [2.75, 3.05) is 0 Å². The van der Waals surface area contributed by atoms with E-state index in [-0.39, 0.29) is 24.9 Å². The molecular weight excluding hydrogens is 311 g/mol. The van der Waals surface area contributed by atoms with Crippen LogP contribution in [0.2, 0.25) is 0 Å². The van der Waals surface area contributed by atoms with Crippen LogP contribution in [0.3, 0.4) is 0 Å². The van der Waals surface area contributed by atoms with Crippen LogP contribution in [0.1, 0.15) is 48.0 Å². The van der Waals surface area contributed by atoms with Crippen LogP contribution in [0, 0.1) is 5.41 Å². The molecule has 0 unspecified atom stereocenters. The van der Waals surface area contributed by atoms with Crippen LogP contribution < -0.4 is 5.32 Å². The first-order valence-electron chi connectivity index (χ1n) is 7.43. The Labute approximate surface area is 131 Å². The number of benzene rings is 1. The fourth-order valence-electron chi connectivity index (χ4n) is 2.91. The maximum Gasteiger partial charge on any atom is 0.403 e. The number of amides is 1. The van der Waals surface area contributed by atoms with Gasteiger partial charge in [0.05, 0.1) is 5.56 Å². The van der Waals surface area contributed by atoms with E-state index < -0.39 is 23.5 Å². The summed E-state index contributed by atoms with van der Waals surface area (Å²) in [5.41, 5.74) is -1.66. The number of hydrogen-bond acceptors (Lipinski definition) is 2. The van der Waals surface area contributed by atoms with E-state index >= 15 is 0 Å². The number of hydrogen-bond donors (Lipinski definition) is 2. The highest BCUT2D eigenvalue weighted by Gasteiger charge is 2.59. The molecule has 23 heavy (non-hydrogen) atoms. The minimum absolute atomic E-state index is 0.0590. The van der Waals surface area contributed by atoms with Crippen molar-refractivity contribution in [3.8, 4) is 0 Å². The van der Waals surface area contributed by atoms with Crippen molar-refractivity contribution in [2.24, 2.45) is 5.41 Å². The fourth-order valence-corrected chi connectivity index (χ4v) is 2.91. The third-order valence-electron chi connectivity index (χ3n) is 4.34. The van der Waals surface area contributed by atoms with E-state index in [1.807, 2.05) is 0 Å². The van der Waals surface area contributed by atoms with Gasteiger partial charge in [-0.2, -0.15) is 13.2 Å². The minimum atomic E-state index is -4.56. The topological polar surface area (TPSA) is 66.4 Å². The van der Waals surface area contributed by atoms with Gasteiger partial charge >= 0.3 is 12.1 Å². The van der Waals surface area contributed by atoms with Gasteiger partial charge in [0.15, 0.2) is 0 Å². The molecule has 0 atom stereocenters. The summed E-state index contributed by atoms with van der Waals surface area (Å²) in [6, 6.07) is 5.66. The maximum absolute atomic E-state index is 13.4. The molecule has 1 saturated carbocycles. The molecule has 1 aliphatic carbocycles. The van der Waals surface area contributed by atoms with Gasteiger partial charge < -0.3 is 10.4 Å². The smallest absolute Gasteiger partial charge is 0.403 e. The van der Waals surface area contributed by atoms with Crippen LogP contribution in [-0.4, -0.2) is 23.2 Å². The Morgan fingerprint density at radius 1 is 1.09 bits per heavy atom. The SMILES string of the molecule is O=C(O)c1ccc(CNC(=O)C2(C(F)(F)F)CCCCC2)cc1. The summed E-state index contributed by atoms with van der Waals surface area (Å²) in [7, 11) is 0. The Bertz CT molecular complexity index is 575. The van der Waals surface area contributed by atoms with Gasteiger partial charge in [-0.15, -0.1) is 0 Å². The molecule has 1 aromatic carbocycles. The van der Waals surface area contributed by atoms with Gasteiger partial charge in [0.25, 0.3) is 0 Å². The van der Waals surface area contributed by atoms with E-state index in [2.05, 4.69) is 5.32 Å². The van der Waals surface area contributed by atoms with Crippen LogP contribution in [-0.2, 0) is 11.3 Å². The highest BCUT2D eigenvalue weighted by Crippen LogP contribution is 2.49. The van der Waals surface area contributed by atoms with E-state index in [1.54, 1.807) is 0 Å². The molecule has 2 N–H and O–H groups in total. The van der Waals surface area contributed by atoms with E-state index in [0.717, 1.165) is 0 Å². The Balaban J connectivity index is 2.06. The number of carbonyl (C=O) groups is 2. The van der Waals surface area contributed by atoms with Gasteiger partial charge in [-0.1, -0.05) is 31.4 Å². The minimum Gasteiger partial charge on any atom is -0.478 e. The van der Waals surface area contributed by atoms with Crippen LogP contribution in [0.25, 0.3) is 0 Å². The first-order valence-corrected chi connectivity index (χ1v) is 7.43. The average molecular weight is 329 g/mol. The number of nitrogens with one attached hydrogen (secondary N) is 1. The molecule has 0 aromatic heterocycles. The van der Waals surface area contributed by atoms with Crippen molar-refractivity contribution in [1.29, 1.82) is 0 Å². The third-order valence-corrected chi connectivity index (χ3v) is 4.34. The predicted octanol–water partition coefficient (Wildman–Crippen LogP) is 3.51.